The second kappa shape index (κ2) is 6.53. The monoisotopic (exact) mass is 271 g/mol. The molecule has 4 nitrogen and oxygen atoms in total. The predicted octanol–water partition coefficient (Wildman–Crippen LogP) is 1.51. The molecule has 0 aromatic carbocycles. The highest BCUT2D eigenvalue weighted by Gasteiger charge is 2.27. The third-order valence-electron chi connectivity index (χ3n) is 3.96. The van der Waals surface area contributed by atoms with E-state index in [1.165, 1.54) is 0 Å². The lowest BCUT2D eigenvalue weighted by molar-refractivity contribution is 0.0621. The Labute approximate surface area is 120 Å². The lowest BCUT2D eigenvalue weighted by atomic mass is 9.88. The Bertz CT molecular complexity index is 544. The quantitative estimate of drug-likeness (QED) is 0.788. The first-order valence-electron chi connectivity index (χ1n) is 7.06. The first-order chi connectivity index (χ1) is 9.63. The number of pyridine rings is 1. The van der Waals surface area contributed by atoms with Gasteiger partial charge in [-0.25, -0.2) is 4.98 Å². The second-order valence-corrected chi connectivity index (χ2v) is 5.40. The number of carbonyl (C=O) groups excluding carboxylic acids is 1. The molecule has 2 atom stereocenters. The van der Waals surface area contributed by atoms with Crippen LogP contribution in [0.3, 0.4) is 0 Å². The molecule has 0 bridgehead atoms. The van der Waals surface area contributed by atoms with Crippen molar-refractivity contribution >= 4 is 5.91 Å². The summed E-state index contributed by atoms with van der Waals surface area (Å²) >= 11 is 0. The van der Waals surface area contributed by atoms with Gasteiger partial charge in [0.2, 0.25) is 0 Å². The Morgan fingerprint density at radius 1 is 1.50 bits per heavy atom. The molecule has 1 aromatic heterocycles. The van der Waals surface area contributed by atoms with Crippen molar-refractivity contribution in [3.63, 3.8) is 0 Å². The van der Waals surface area contributed by atoms with Crippen molar-refractivity contribution in [3.05, 3.63) is 29.6 Å². The van der Waals surface area contributed by atoms with Gasteiger partial charge in [-0.15, -0.1) is 0 Å². The maximum Gasteiger partial charge on any atom is 0.273 e. The minimum Gasteiger partial charge on any atom is -0.337 e. The highest BCUT2D eigenvalue weighted by atomic mass is 16.2. The van der Waals surface area contributed by atoms with Gasteiger partial charge < -0.3 is 10.6 Å². The summed E-state index contributed by atoms with van der Waals surface area (Å²) in [6, 6.07) is 3.61. The lowest BCUT2D eigenvalue weighted by Crippen LogP contribution is -2.42. The van der Waals surface area contributed by atoms with Crippen LogP contribution in [0.25, 0.3) is 0 Å². The zero-order valence-corrected chi connectivity index (χ0v) is 12.1. The topological polar surface area (TPSA) is 59.2 Å². The molecule has 1 aliphatic heterocycles. The van der Waals surface area contributed by atoms with Crippen molar-refractivity contribution in [2.45, 2.75) is 20.3 Å². The third-order valence-corrected chi connectivity index (χ3v) is 3.96. The first kappa shape index (κ1) is 14.5. The van der Waals surface area contributed by atoms with Crippen molar-refractivity contribution in [1.29, 1.82) is 0 Å². The number of hydrogen-bond donors (Lipinski definition) is 1. The summed E-state index contributed by atoms with van der Waals surface area (Å²) < 4.78 is 0. The fourth-order valence-corrected chi connectivity index (χ4v) is 2.42. The van der Waals surface area contributed by atoms with E-state index in [4.69, 9.17) is 5.73 Å². The number of likely N-dealkylation sites (tertiary alicyclic amines) is 1. The van der Waals surface area contributed by atoms with E-state index in [0.29, 0.717) is 23.1 Å². The average molecular weight is 271 g/mol. The molecular weight excluding hydrogens is 250 g/mol. The predicted molar refractivity (Wildman–Crippen MR) is 79.0 cm³/mol. The van der Waals surface area contributed by atoms with Crippen LogP contribution in [0.1, 0.15) is 36.3 Å². The summed E-state index contributed by atoms with van der Waals surface area (Å²) in [4.78, 5) is 18.7. The molecule has 2 rings (SSSR count). The molecule has 106 valence electrons. The molecule has 0 saturated carbocycles. The highest BCUT2D eigenvalue weighted by molar-refractivity contribution is 5.94. The Morgan fingerprint density at radius 3 is 3.00 bits per heavy atom. The second-order valence-electron chi connectivity index (χ2n) is 5.40. The summed E-state index contributed by atoms with van der Waals surface area (Å²) in [7, 11) is 0. The Morgan fingerprint density at radius 2 is 2.30 bits per heavy atom. The Hall–Kier alpha value is -1.86. The molecular formula is C16H21N3O. The number of carbonyl (C=O) groups is 1. The van der Waals surface area contributed by atoms with Crippen molar-refractivity contribution < 1.29 is 4.79 Å². The molecule has 4 heteroatoms. The SMILES string of the molecule is CC1CCN(C(=O)c2ncccc2C#CCN)CC1C. The van der Waals surface area contributed by atoms with E-state index < -0.39 is 0 Å². The molecule has 1 amide bonds. The Balaban J connectivity index is 2.21. The van der Waals surface area contributed by atoms with Gasteiger partial charge >= 0.3 is 0 Å². The van der Waals surface area contributed by atoms with Crippen LogP contribution in [0.5, 0.6) is 0 Å². The van der Waals surface area contributed by atoms with Crippen molar-refractivity contribution in [2.24, 2.45) is 17.6 Å². The average Bonchev–Trinajstić information content (AvgIpc) is 2.47. The molecule has 1 saturated heterocycles. The number of nitrogens with two attached hydrogens (primary N) is 1. The van der Waals surface area contributed by atoms with Crippen LogP contribution >= 0.6 is 0 Å². The summed E-state index contributed by atoms with van der Waals surface area (Å²) in [6.45, 7) is 6.30. The largest absolute Gasteiger partial charge is 0.337 e. The van der Waals surface area contributed by atoms with E-state index >= 15 is 0 Å². The van der Waals surface area contributed by atoms with Crippen LogP contribution in [-0.4, -0.2) is 35.4 Å². The number of rotatable bonds is 1. The zero-order valence-electron chi connectivity index (χ0n) is 12.1. The van der Waals surface area contributed by atoms with E-state index in [1.807, 2.05) is 11.0 Å². The summed E-state index contributed by atoms with van der Waals surface area (Å²) in [5.74, 6) is 6.88. The van der Waals surface area contributed by atoms with E-state index in [-0.39, 0.29) is 12.5 Å². The van der Waals surface area contributed by atoms with E-state index in [0.717, 1.165) is 19.5 Å². The van der Waals surface area contributed by atoms with Gasteiger partial charge in [-0.3, -0.25) is 4.79 Å². The van der Waals surface area contributed by atoms with Gasteiger partial charge in [0, 0.05) is 19.3 Å². The molecule has 2 heterocycles. The number of piperidine rings is 1. The van der Waals surface area contributed by atoms with Crippen LogP contribution < -0.4 is 5.73 Å². The molecule has 0 aliphatic carbocycles. The van der Waals surface area contributed by atoms with Gasteiger partial charge in [0.05, 0.1) is 12.1 Å². The number of nitrogens with zero attached hydrogens (tertiary/aromatic N) is 2. The fraction of sp³-hybridized carbons (Fsp3) is 0.500. The van der Waals surface area contributed by atoms with Crippen molar-refractivity contribution in [1.82, 2.24) is 9.88 Å². The van der Waals surface area contributed by atoms with Crippen LogP contribution in [0.4, 0.5) is 0 Å². The molecule has 1 fully saturated rings. The molecule has 1 aromatic rings. The standard InChI is InChI=1S/C16H21N3O/c1-12-7-10-19(11-13(12)2)16(20)15-14(5-3-8-17)6-4-9-18-15/h4,6,9,12-13H,7-8,10-11,17H2,1-2H3. The van der Waals surface area contributed by atoms with E-state index in [9.17, 15) is 4.79 Å². The molecule has 0 radical (unpaired) electrons. The highest BCUT2D eigenvalue weighted by Crippen LogP contribution is 2.23. The minimum atomic E-state index is -0.0225. The maximum absolute atomic E-state index is 12.6. The molecule has 2 N–H and O–H groups in total. The third kappa shape index (κ3) is 3.17. The van der Waals surface area contributed by atoms with E-state index in [1.54, 1.807) is 12.3 Å². The van der Waals surface area contributed by atoms with E-state index in [2.05, 4.69) is 30.7 Å². The summed E-state index contributed by atoms with van der Waals surface area (Å²) in [5.41, 5.74) is 6.49. The number of hydrogen-bond acceptors (Lipinski definition) is 3. The number of amides is 1. The van der Waals surface area contributed by atoms with Crippen molar-refractivity contribution in [2.75, 3.05) is 19.6 Å². The summed E-state index contributed by atoms with van der Waals surface area (Å²) in [5, 5.41) is 0. The molecule has 20 heavy (non-hydrogen) atoms. The van der Waals surface area contributed by atoms with Gasteiger partial charge in [-0.05, 0) is 30.4 Å². The van der Waals surface area contributed by atoms with Crippen LogP contribution in [0.15, 0.2) is 18.3 Å². The Kier molecular flexibility index (Phi) is 4.75. The van der Waals surface area contributed by atoms with Gasteiger partial charge in [0.1, 0.15) is 5.69 Å². The number of aromatic nitrogens is 1. The molecule has 2 unspecified atom stereocenters. The zero-order chi connectivity index (χ0) is 14.5. The van der Waals surface area contributed by atoms with Crippen molar-refractivity contribution in [3.8, 4) is 11.8 Å². The lowest BCUT2D eigenvalue weighted by Gasteiger charge is -2.35. The van der Waals surface area contributed by atoms with Gasteiger partial charge in [-0.2, -0.15) is 0 Å². The first-order valence-corrected chi connectivity index (χ1v) is 7.06. The normalized spacial score (nSPS) is 22.1. The summed E-state index contributed by atoms with van der Waals surface area (Å²) in [6.07, 6.45) is 2.68. The maximum atomic E-state index is 12.6. The minimum absolute atomic E-state index is 0.0225. The fourth-order valence-electron chi connectivity index (χ4n) is 2.42. The van der Waals surface area contributed by atoms with Gasteiger partial charge in [0.25, 0.3) is 5.91 Å². The van der Waals surface area contributed by atoms with Gasteiger partial charge in [-0.1, -0.05) is 25.7 Å². The molecule has 0 spiro atoms. The van der Waals surface area contributed by atoms with Crippen LogP contribution in [0.2, 0.25) is 0 Å². The van der Waals surface area contributed by atoms with Gasteiger partial charge in [0.15, 0.2) is 0 Å². The van der Waals surface area contributed by atoms with Crippen LogP contribution in [-0.2, 0) is 0 Å². The smallest absolute Gasteiger partial charge is 0.273 e. The molecule has 1 aliphatic rings. The van der Waals surface area contributed by atoms with Crippen LogP contribution in [0, 0.1) is 23.7 Å².